The molecule has 0 unspecified atom stereocenters. The smallest absolute Gasteiger partial charge is 0.166 e. The van der Waals surface area contributed by atoms with Crippen molar-refractivity contribution in [2.24, 2.45) is 0 Å². The Labute approximate surface area is 112 Å². The van der Waals surface area contributed by atoms with E-state index >= 15 is 0 Å². The molecule has 3 aromatic rings. The Hall–Kier alpha value is -2.19. The highest BCUT2D eigenvalue weighted by Gasteiger charge is 2.12. The van der Waals surface area contributed by atoms with Gasteiger partial charge in [-0.05, 0) is 40.2 Å². The van der Waals surface area contributed by atoms with Gasteiger partial charge in [0.25, 0.3) is 0 Å². The molecule has 0 amide bonds. The van der Waals surface area contributed by atoms with E-state index in [4.69, 9.17) is 5.26 Å². The first-order valence-electron chi connectivity index (χ1n) is 5.27. The van der Waals surface area contributed by atoms with Crippen molar-refractivity contribution in [2.75, 3.05) is 0 Å². The van der Waals surface area contributed by atoms with Crippen molar-refractivity contribution in [2.45, 2.75) is 0 Å². The highest BCUT2D eigenvalue weighted by molar-refractivity contribution is 9.10. The first-order chi connectivity index (χ1) is 8.79. The molecular formula is C13H7BrN4. The number of fused-ring (bicyclic) bond motifs is 1. The third-order valence-corrected chi connectivity index (χ3v) is 3.10. The molecule has 0 fully saturated rings. The van der Waals surface area contributed by atoms with E-state index in [-0.39, 0.29) is 0 Å². The molecule has 3 heterocycles. The fraction of sp³-hybridized carbons (Fsp3) is 0. The van der Waals surface area contributed by atoms with Crippen molar-refractivity contribution in [3.05, 3.63) is 53.0 Å². The molecular weight excluding hydrogens is 292 g/mol. The second kappa shape index (κ2) is 4.24. The molecule has 18 heavy (non-hydrogen) atoms. The van der Waals surface area contributed by atoms with Crippen LogP contribution >= 0.6 is 15.9 Å². The zero-order chi connectivity index (χ0) is 12.5. The summed E-state index contributed by atoms with van der Waals surface area (Å²) in [6, 6.07) is 9.64. The molecule has 86 valence electrons. The molecule has 0 saturated heterocycles. The quantitative estimate of drug-likeness (QED) is 0.694. The topological polar surface area (TPSA) is 54.0 Å². The number of nitrogens with zero attached hydrogens (tertiary/aromatic N) is 4. The van der Waals surface area contributed by atoms with Crippen LogP contribution in [0.15, 0.2) is 47.3 Å². The molecule has 0 aliphatic carbocycles. The monoisotopic (exact) mass is 298 g/mol. The summed E-state index contributed by atoms with van der Waals surface area (Å²) in [5.74, 6) is 0.718. The number of hydrogen-bond donors (Lipinski definition) is 0. The molecule has 0 spiro atoms. The molecule has 0 aliphatic heterocycles. The molecule has 0 bridgehead atoms. The van der Waals surface area contributed by atoms with E-state index in [1.807, 2.05) is 34.9 Å². The van der Waals surface area contributed by atoms with Crippen LogP contribution in [0.2, 0.25) is 0 Å². The van der Waals surface area contributed by atoms with Crippen molar-refractivity contribution in [3.8, 4) is 17.5 Å². The summed E-state index contributed by atoms with van der Waals surface area (Å²) in [4.78, 5) is 8.44. The van der Waals surface area contributed by atoms with Crippen LogP contribution in [0, 0.1) is 11.3 Å². The van der Waals surface area contributed by atoms with Crippen LogP contribution in [-0.4, -0.2) is 14.4 Å². The Balaban J connectivity index is 2.37. The fourth-order valence-corrected chi connectivity index (χ4v) is 2.18. The summed E-state index contributed by atoms with van der Waals surface area (Å²) >= 11 is 3.42. The van der Waals surface area contributed by atoms with Crippen molar-refractivity contribution >= 4 is 21.4 Å². The molecule has 5 heteroatoms. The summed E-state index contributed by atoms with van der Waals surface area (Å²) in [5.41, 5.74) is 2.09. The van der Waals surface area contributed by atoms with Crippen LogP contribution in [0.25, 0.3) is 16.9 Å². The van der Waals surface area contributed by atoms with Crippen molar-refractivity contribution < 1.29 is 0 Å². The Morgan fingerprint density at radius 3 is 2.89 bits per heavy atom. The lowest BCUT2D eigenvalue weighted by Gasteiger charge is -2.00. The van der Waals surface area contributed by atoms with E-state index in [1.54, 1.807) is 12.4 Å². The van der Waals surface area contributed by atoms with Gasteiger partial charge >= 0.3 is 0 Å². The number of hydrogen-bond acceptors (Lipinski definition) is 3. The van der Waals surface area contributed by atoms with Crippen LogP contribution < -0.4 is 0 Å². The van der Waals surface area contributed by atoms with Crippen LogP contribution in [0.5, 0.6) is 0 Å². The summed E-state index contributed by atoms with van der Waals surface area (Å²) in [6.45, 7) is 0. The number of pyridine rings is 2. The molecule has 0 atom stereocenters. The largest absolute Gasteiger partial charge is 0.297 e. The third kappa shape index (κ3) is 1.67. The number of rotatable bonds is 1. The lowest BCUT2D eigenvalue weighted by atomic mass is 10.3. The standard InChI is InChI=1S/C13H7BrN4/c14-10-3-4-12-11(6-15)17-13(18(12)8-10)9-2-1-5-16-7-9/h1-5,7-8H. The maximum absolute atomic E-state index is 9.11. The van der Waals surface area contributed by atoms with Gasteiger partial charge in [0, 0.05) is 28.6 Å². The molecule has 0 saturated carbocycles. The summed E-state index contributed by atoms with van der Waals surface area (Å²) in [7, 11) is 0. The first kappa shape index (κ1) is 10.9. The van der Waals surface area contributed by atoms with Crippen LogP contribution in [0.3, 0.4) is 0 Å². The van der Waals surface area contributed by atoms with E-state index < -0.39 is 0 Å². The van der Waals surface area contributed by atoms with Crippen molar-refractivity contribution in [1.29, 1.82) is 5.26 Å². The predicted molar refractivity (Wildman–Crippen MR) is 70.8 cm³/mol. The Morgan fingerprint density at radius 1 is 1.28 bits per heavy atom. The summed E-state index contributed by atoms with van der Waals surface area (Å²) in [6.07, 6.45) is 5.34. The Morgan fingerprint density at radius 2 is 2.17 bits per heavy atom. The van der Waals surface area contributed by atoms with E-state index in [0.717, 1.165) is 21.4 Å². The van der Waals surface area contributed by atoms with Gasteiger partial charge in [0.2, 0.25) is 0 Å². The average Bonchev–Trinajstić information content (AvgIpc) is 2.77. The van der Waals surface area contributed by atoms with Crippen LogP contribution in [0.1, 0.15) is 5.69 Å². The molecule has 3 rings (SSSR count). The van der Waals surface area contributed by atoms with Gasteiger partial charge < -0.3 is 0 Å². The van der Waals surface area contributed by atoms with Gasteiger partial charge in [-0.15, -0.1) is 0 Å². The molecule has 0 aliphatic rings. The highest BCUT2D eigenvalue weighted by Crippen LogP contribution is 2.23. The van der Waals surface area contributed by atoms with Gasteiger partial charge in [-0.2, -0.15) is 5.26 Å². The summed E-state index contributed by atoms with van der Waals surface area (Å²) in [5, 5.41) is 9.11. The van der Waals surface area contributed by atoms with Gasteiger partial charge in [-0.1, -0.05) is 0 Å². The van der Waals surface area contributed by atoms with Gasteiger partial charge in [-0.25, -0.2) is 4.98 Å². The van der Waals surface area contributed by atoms with Gasteiger partial charge in [0.05, 0.1) is 5.52 Å². The number of halogens is 1. The van der Waals surface area contributed by atoms with E-state index in [0.29, 0.717) is 5.69 Å². The Bertz CT molecular complexity index is 756. The maximum Gasteiger partial charge on any atom is 0.166 e. The molecule has 0 N–H and O–H groups in total. The lowest BCUT2D eigenvalue weighted by molar-refractivity contribution is 1.14. The number of nitriles is 1. The van der Waals surface area contributed by atoms with Crippen molar-refractivity contribution in [3.63, 3.8) is 0 Å². The van der Waals surface area contributed by atoms with E-state index in [2.05, 4.69) is 32.0 Å². The second-order valence-corrected chi connectivity index (χ2v) is 4.66. The third-order valence-electron chi connectivity index (χ3n) is 2.63. The van der Waals surface area contributed by atoms with E-state index in [9.17, 15) is 0 Å². The molecule has 4 nitrogen and oxygen atoms in total. The molecule has 3 aromatic heterocycles. The van der Waals surface area contributed by atoms with Crippen LogP contribution in [-0.2, 0) is 0 Å². The normalized spacial score (nSPS) is 10.4. The number of imidazole rings is 1. The lowest BCUT2D eigenvalue weighted by Crippen LogP contribution is -1.89. The van der Waals surface area contributed by atoms with Crippen molar-refractivity contribution in [1.82, 2.24) is 14.4 Å². The fourth-order valence-electron chi connectivity index (χ4n) is 1.84. The second-order valence-electron chi connectivity index (χ2n) is 3.74. The molecule has 0 aromatic carbocycles. The summed E-state index contributed by atoms with van der Waals surface area (Å²) < 4.78 is 2.82. The van der Waals surface area contributed by atoms with Gasteiger partial charge in [0.1, 0.15) is 11.9 Å². The predicted octanol–water partition coefficient (Wildman–Crippen LogP) is 3.03. The van der Waals surface area contributed by atoms with Gasteiger partial charge in [0.15, 0.2) is 5.69 Å². The first-order valence-corrected chi connectivity index (χ1v) is 6.07. The molecule has 0 radical (unpaired) electrons. The minimum absolute atomic E-state index is 0.418. The minimum Gasteiger partial charge on any atom is -0.297 e. The van der Waals surface area contributed by atoms with E-state index in [1.165, 1.54) is 0 Å². The highest BCUT2D eigenvalue weighted by atomic mass is 79.9. The van der Waals surface area contributed by atoms with Crippen LogP contribution in [0.4, 0.5) is 0 Å². The SMILES string of the molecule is N#Cc1nc(-c2cccnc2)n2cc(Br)ccc12. The maximum atomic E-state index is 9.11. The Kier molecular flexibility index (Phi) is 2.58. The van der Waals surface area contributed by atoms with Gasteiger partial charge in [-0.3, -0.25) is 9.38 Å². The zero-order valence-electron chi connectivity index (χ0n) is 9.21. The average molecular weight is 299 g/mol. The zero-order valence-corrected chi connectivity index (χ0v) is 10.8. The minimum atomic E-state index is 0.418. The number of aromatic nitrogens is 3.